The number of anilines is 3. The monoisotopic (exact) mass is 372 g/mol. The van der Waals surface area contributed by atoms with Crippen molar-refractivity contribution < 1.29 is 4.79 Å². The summed E-state index contributed by atoms with van der Waals surface area (Å²) >= 11 is 12.1. The van der Waals surface area contributed by atoms with Crippen LogP contribution in [0.2, 0.25) is 10.0 Å². The molecule has 3 rings (SSSR count). The predicted molar refractivity (Wildman–Crippen MR) is 101 cm³/mol. The Hall–Kier alpha value is -2.63. The van der Waals surface area contributed by atoms with Crippen LogP contribution in [0.3, 0.4) is 0 Å². The molecule has 2 aromatic carbocycles. The van der Waals surface area contributed by atoms with Crippen molar-refractivity contribution in [3.63, 3.8) is 0 Å². The summed E-state index contributed by atoms with van der Waals surface area (Å²) < 4.78 is 0. The van der Waals surface area contributed by atoms with Crippen molar-refractivity contribution in [2.24, 2.45) is 0 Å². The lowest BCUT2D eigenvalue weighted by Crippen LogP contribution is -2.27. The number of hydrogen-bond acceptors (Lipinski definition) is 4. The van der Waals surface area contributed by atoms with Gasteiger partial charge < -0.3 is 10.2 Å². The summed E-state index contributed by atoms with van der Waals surface area (Å²) in [5, 5.41) is 3.86. The molecule has 1 heterocycles. The third-order valence-corrected chi connectivity index (χ3v) is 4.35. The summed E-state index contributed by atoms with van der Waals surface area (Å²) in [6.07, 6.45) is 2.89. The first-order chi connectivity index (χ1) is 12.1. The molecule has 126 valence electrons. The average Bonchev–Trinajstić information content (AvgIpc) is 2.65. The van der Waals surface area contributed by atoms with Crippen molar-refractivity contribution in [2.75, 3.05) is 17.3 Å². The molecule has 0 aliphatic rings. The van der Waals surface area contributed by atoms with Crippen LogP contribution in [0, 0.1) is 0 Å². The second kappa shape index (κ2) is 7.51. The minimum absolute atomic E-state index is 0.244. The molecule has 0 spiro atoms. The number of amides is 1. The molecule has 3 aromatic rings. The molecule has 0 atom stereocenters. The summed E-state index contributed by atoms with van der Waals surface area (Å²) in [5.74, 6) is 0.217. The SMILES string of the molecule is CN(C(=O)c1cnc(Nc2cccc(Cl)c2Cl)cn1)c1ccccc1. The molecule has 25 heavy (non-hydrogen) atoms. The molecular formula is C18H14Cl2N4O. The largest absolute Gasteiger partial charge is 0.338 e. The predicted octanol–water partition coefficient (Wildman–Crippen LogP) is 4.80. The highest BCUT2D eigenvalue weighted by atomic mass is 35.5. The van der Waals surface area contributed by atoms with Crippen molar-refractivity contribution in [1.82, 2.24) is 9.97 Å². The summed E-state index contributed by atoms with van der Waals surface area (Å²) in [7, 11) is 1.69. The molecular weight excluding hydrogens is 359 g/mol. The lowest BCUT2D eigenvalue weighted by Gasteiger charge is -2.16. The maximum absolute atomic E-state index is 12.5. The van der Waals surface area contributed by atoms with Gasteiger partial charge in [0.25, 0.3) is 5.91 Å². The summed E-state index contributed by atoms with van der Waals surface area (Å²) in [4.78, 5) is 22.4. The zero-order valence-corrected chi connectivity index (χ0v) is 14.8. The van der Waals surface area contributed by atoms with Gasteiger partial charge >= 0.3 is 0 Å². The molecule has 0 saturated heterocycles. The molecule has 0 aliphatic heterocycles. The molecule has 0 fully saturated rings. The van der Waals surface area contributed by atoms with Crippen molar-refractivity contribution in [3.8, 4) is 0 Å². The zero-order chi connectivity index (χ0) is 17.8. The smallest absolute Gasteiger partial charge is 0.278 e. The normalized spacial score (nSPS) is 10.4. The van der Waals surface area contributed by atoms with Crippen LogP contribution in [-0.4, -0.2) is 22.9 Å². The van der Waals surface area contributed by atoms with Crippen LogP contribution < -0.4 is 10.2 Å². The first-order valence-corrected chi connectivity index (χ1v) is 8.18. The van der Waals surface area contributed by atoms with E-state index in [-0.39, 0.29) is 11.6 Å². The number of aromatic nitrogens is 2. The Bertz CT molecular complexity index is 885. The fraction of sp³-hybridized carbons (Fsp3) is 0.0556. The van der Waals surface area contributed by atoms with Crippen molar-refractivity contribution in [3.05, 3.63) is 76.7 Å². The Kier molecular flexibility index (Phi) is 5.16. The third-order valence-electron chi connectivity index (χ3n) is 3.53. The van der Waals surface area contributed by atoms with E-state index >= 15 is 0 Å². The van der Waals surface area contributed by atoms with E-state index in [1.54, 1.807) is 25.2 Å². The molecule has 0 saturated carbocycles. The summed E-state index contributed by atoms with van der Waals surface area (Å²) in [6.45, 7) is 0. The van der Waals surface area contributed by atoms with Gasteiger partial charge in [0.1, 0.15) is 11.5 Å². The van der Waals surface area contributed by atoms with Gasteiger partial charge in [-0.05, 0) is 24.3 Å². The van der Waals surface area contributed by atoms with Gasteiger partial charge in [-0.15, -0.1) is 0 Å². The van der Waals surface area contributed by atoms with Gasteiger partial charge in [0.05, 0.1) is 28.1 Å². The van der Waals surface area contributed by atoms with E-state index in [1.807, 2.05) is 30.3 Å². The number of halogens is 2. The first kappa shape index (κ1) is 17.2. The highest BCUT2D eigenvalue weighted by Crippen LogP contribution is 2.31. The molecule has 1 aromatic heterocycles. The lowest BCUT2D eigenvalue weighted by molar-refractivity contribution is 0.0988. The van der Waals surface area contributed by atoms with E-state index < -0.39 is 0 Å². The maximum Gasteiger partial charge on any atom is 0.278 e. The molecule has 7 heteroatoms. The number of para-hydroxylation sites is 1. The van der Waals surface area contributed by atoms with Crippen LogP contribution in [0.15, 0.2) is 60.9 Å². The summed E-state index contributed by atoms with van der Waals surface area (Å²) in [6, 6.07) is 14.6. The first-order valence-electron chi connectivity index (χ1n) is 7.42. The molecule has 0 radical (unpaired) electrons. The van der Waals surface area contributed by atoms with Crippen molar-refractivity contribution >= 4 is 46.3 Å². The van der Waals surface area contributed by atoms with Gasteiger partial charge in [-0.1, -0.05) is 47.5 Å². The van der Waals surface area contributed by atoms with E-state index in [4.69, 9.17) is 23.2 Å². The molecule has 0 unspecified atom stereocenters. The van der Waals surface area contributed by atoms with Crippen molar-refractivity contribution in [1.29, 1.82) is 0 Å². The van der Waals surface area contributed by atoms with Gasteiger partial charge in [-0.2, -0.15) is 0 Å². The fourth-order valence-electron chi connectivity index (χ4n) is 2.18. The zero-order valence-electron chi connectivity index (χ0n) is 13.3. The number of carbonyl (C=O) groups excluding carboxylic acids is 1. The maximum atomic E-state index is 12.5. The molecule has 5 nitrogen and oxygen atoms in total. The number of nitrogens with zero attached hydrogens (tertiary/aromatic N) is 3. The Balaban J connectivity index is 1.76. The van der Waals surface area contributed by atoms with Crippen LogP contribution in [0.5, 0.6) is 0 Å². The highest BCUT2D eigenvalue weighted by Gasteiger charge is 2.15. The van der Waals surface area contributed by atoms with E-state index in [2.05, 4.69) is 15.3 Å². The second-order valence-electron chi connectivity index (χ2n) is 5.21. The second-order valence-corrected chi connectivity index (χ2v) is 6.00. The molecule has 1 amide bonds. The third kappa shape index (κ3) is 3.90. The average molecular weight is 373 g/mol. The minimum atomic E-state index is -0.244. The molecule has 0 bridgehead atoms. The summed E-state index contributed by atoms with van der Waals surface area (Å²) in [5.41, 5.74) is 1.64. The Morgan fingerprint density at radius 2 is 1.76 bits per heavy atom. The lowest BCUT2D eigenvalue weighted by atomic mass is 10.3. The molecule has 1 N–H and O–H groups in total. The van der Waals surface area contributed by atoms with Gasteiger partial charge in [-0.3, -0.25) is 4.79 Å². The molecule has 0 aliphatic carbocycles. The quantitative estimate of drug-likeness (QED) is 0.714. The standard InChI is InChI=1S/C18H14Cl2N4O/c1-24(12-6-3-2-4-7-12)18(25)15-10-22-16(11-21-15)23-14-9-5-8-13(19)17(14)20/h2-11H,1H3,(H,22,23). The Morgan fingerprint density at radius 1 is 1.00 bits per heavy atom. The van der Waals surface area contributed by atoms with Crippen LogP contribution in [0.25, 0.3) is 0 Å². The number of rotatable bonds is 4. The van der Waals surface area contributed by atoms with E-state index in [9.17, 15) is 4.79 Å². The van der Waals surface area contributed by atoms with E-state index in [1.165, 1.54) is 17.3 Å². The van der Waals surface area contributed by atoms with E-state index in [0.717, 1.165) is 5.69 Å². The van der Waals surface area contributed by atoms with Crippen LogP contribution >= 0.6 is 23.2 Å². The van der Waals surface area contributed by atoms with Gasteiger partial charge in [0.15, 0.2) is 0 Å². The van der Waals surface area contributed by atoms with Gasteiger partial charge in [-0.25, -0.2) is 9.97 Å². The number of benzene rings is 2. The van der Waals surface area contributed by atoms with Crippen LogP contribution in [-0.2, 0) is 0 Å². The fourth-order valence-corrected chi connectivity index (χ4v) is 2.53. The van der Waals surface area contributed by atoms with Crippen molar-refractivity contribution in [2.45, 2.75) is 0 Å². The van der Waals surface area contributed by atoms with E-state index in [0.29, 0.717) is 21.6 Å². The number of hydrogen-bond donors (Lipinski definition) is 1. The van der Waals surface area contributed by atoms with Gasteiger partial charge in [0.2, 0.25) is 0 Å². The highest BCUT2D eigenvalue weighted by molar-refractivity contribution is 6.43. The van der Waals surface area contributed by atoms with Crippen LogP contribution in [0.4, 0.5) is 17.2 Å². The topological polar surface area (TPSA) is 58.1 Å². The Morgan fingerprint density at radius 3 is 2.44 bits per heavy atom. The van der Waals surface area contributed by atoms with Crippen LogP contribution in [0.1, 0.15) is 10.5 Å². The number of nitrogens with one attached hydrogen (secondary N) is 1. The minimum Gasteiger partial charge on any atom is -0.338 e. The number of carbonyl (C=O) groups is 1. The Labute approximate surface area is 155 Å². The van der Waals surface area contributed by atoms with Gasteiger partial charge in [0, 0.05) is 12.7 Å².